The van der Waals surface area contributed by atoms with E-state index < -0.39 is 6.04 Å². The minimum absolute atomic E-state index is 0.117. The van der Waals surface area contributed by atoms with E-state index in [4.69, 9.17) is 0 Å². The Morgan fingerprint density at radius 2 is 1.51 bits per heavy atom. The second kappa shape index (κ2) is 16.2. The number of phenols is 1. The topological polar surface area (TPSA) is 96.4 Å². The number of allylic oxidation sites excluding steroid dienone is 1. The van der Waals surface area contributed by atoms with Crippen LogP contribution in [0.25, 0.3) is 11.1 Å². The van der Waals surface area contributed by atoms with E-state index in [1.54, 1.807) is 17.0 Å². The Kier molecular flexibility index (Phi) is 10.8. The van der Waals surface area contributed by atoms with E-state index in [9.17, 15) is 19.5 Å². The molecule has 9 heteroatoms. The molecule has 4 aliphatic rings. The van der Waals surface area contributed by atoms with Gasteiger partial charge in [-0.15, -0.1) is 0 Å². The predicted octanol–water partition coefficient (Wildman–Crippen LogP) is 6.21. The molecule has 284 valence electrons. The Labute approximate surface area is 324 Å². The van der Waals surface area contributed by atoms with Crippen LogP contribution >= 0.6 is 0 Å². The quantitative estimate of drug-likeness (QED) is 0.140. The van der Waals surface area contributed by atoms with Crippen LogP contribution in [-0.2, 0) is 22.6 Å². The van der Waals surface area contributed by atoms with Crippen molar-refractivity contribution in [1.29, 1.82) is 0 Å². The summed E-state index contributed by atoms with van der Waals surface area (Å²) in [7, 11) is 0. The van der Waals surface area contributed by atoms with Gasteiger partial charge in [0, 0.05) is 69.4 Å². The summed E-state index contributed by atoms with van der Waals surface area (Å²) >= 11 is 0. The summed E-state index contributed by atoms with van der Waals surface area (Å²) in [6.07, 6.45) is 3.64. The van der Waals surface area contributed by atoms with Crippen LogP contribution in [0.3, 0.4) is 0 Å². The normalized spacial score (nSPS) is 20.2. The molecule has 0 bridgehead atoms. The fourth-order valence-electron chi connectivity index (χ4n) is 8.91. The van der Waals surface area contributed by atoms with Gasteiger partial charge in [-0.25, -0.2) is 0 Å². The van der Waals surface area contributed by atoms with E-state index in [0.29, 0.717) is 24.4 Å². The molecule has 8 rings (SSSR count). The smallest absolute Gasteiger partial charge is 0.255 e. The average molecular weight is 738 g/mol. The van der Waals surface area contributed by atoms with Crippen LogP contribution in [-0.4, -0.2) is 95.9 Å². The van der Waals surface area contributed by atoms with Crippen molar-refractivity contribution < 1.29 is 19.5 Å². The second-order valence-corrected chi connectivity index (χ2v) is 15.6. The number of anilines is 1. The molecular formula is C46H51N5O4. The number of aromatic hydroxyl groups is 1. The fourth-order valence-corrected chi connectivity index (χ4v) is 8.91. The summed E-state index contributed by atoms with van der Waals surface area (Å²) in [5.74, 6) is 0.188. The van der Waals surface area contributed by atoms with Crippen LogP contribution in [0.15, 0.2) is 97.1 Å². The van der Waals surface area contributed by atoms with Gasteiger partial charge in [0.05, 0.1) is 0 Å². The molecule has 0 spiro atoms. The maximum absolute atomic E-state index is 13.1. The third kappa shape index (κ3) is 8.09. The van der Waals surface area contributed by atoms with E-state index >= 15 is 0 Å². The third-order valence-electron chi connectivity index (χ3n) is 11.9. The first-order chi connectivity index (χ1) is 26.8. The number of piperidine rings is 1. The van der Waals surface area contributed by atoms with Crippen LogP contribution < -0.4 is 10.2 Å². The van der Waals surface area contributed by atoms with Crippen molar-refractivity contribution in [3.8, 4) is 5.75 Å². The zero-order valence-electron chi connectivity index (χ0n) is 31.8. The highest BCUT2D eigenvalue weighted by molar-refractivity contribution is 6.05. The lowest BCUT2D eigenvalue weighted by molar-refractivity contribution is -0.136. The van der Waals surface area contributed by atoms with E-state index in [-0.39, 0.29) is 29.9 Å². The number of carbonyl (C=O) groups excluding carboxylic acids is 3. The minimum Gasteiger partial charge on any atom is -0.508 e. The zero-order valence-corrected chi connectivity index (χ0v) is 31.8. The molecule has 1 unspecified atom stereocenters. The molecule has 2 N–H and O–H groups in total. The highest BCUT2D eigenvalue weighted by atomic mass is 16.3. The number of phenolic OH excluding ortho intramolecular Hbond substituents is 1. The molecule has 4 aromatic rings. The molecule has 9 nitrogen and oxygen atoms in total. The van der Waals surface area contributed by atoms with E-state index in [0.717, 1.165) is 82.7 Å². The highest BCUT2D eigenvalue weighted by Crippen LogP contribution is 2.36. The van der Waals surface area contributed by atoms with Crippen molar-refractivity contribution in [2.75, 3.05) is 57.3 Å². The summed E-state index contributed by atoms with van der Waals surface area (Å²) in [5.41, 5.74) is 10.1. The lowest BCUT2D eigenvalue weighted by Gasteiger charge is -2.43. The predicted molar refractivity (Wildman–Crippen MR) is 217 cm³/mol. The van der Waals surface area contributed by atoms with Gasteiger partial charge in [0.15, 0.2) is 0 Å². The molecule has 0 aromatic heterocycles. The molecule has 3 fully saturated rings. The minimum atomic E-state index is -0.579. The Hall–Kier alpha value is -5.25. The summed E-state index contributed by atoms with van der Waals surface area (Å²) < 4.78 is 0. The number of imide groups is 1. The van der Waals surface area contributed by atoms with Gasteiger partial charge in [0.1, 0.15) is 11.8 Å². The monoisotopic (exact) mass is 737 g/mol. The van der Waals surface area contributed by atoms with Crippen molar-refractivity contribution in [3.63, 3.8) is 0 Å². The maximum Gasteiger partial charge on any atom is 0.255 e. The Morgan fingerprint density at radius 1 is 0.800 bits per heavy atom. The molecule has 4 heterocycles. The molecule has 4 aliphatic heterocycles. The van der Waals surface area contributed by atoms with Crippen LogP contribution in [0.4, 0.5) is 5.69 Å². The molecule has 3 amide bonds. The van der Waals surface area contributed by atoms with Gasteiger partial charge >= 0.3 is 0 Å². The summed E-state index contributed by atoms with van der Waals surface area (Å²) in [6, 6.07) is 32.7. The zero-order chi connectivity index (χ0) is 37.9. The van der Waals surface area contributed by atoms with Crippen LogP contribution in [0.2, 0.25) is 0 Å². The summed E-state index contributed by atoms with van der Waals surface area (Å²) in [4.78, 5) is 46.5. The van der Waals surface area contributed by atoms with Crippen molar-refractivity contribution >= 4 is 34.6 Å². The standard InChI is InChI=1S/C46H51N5O4/c1-2-40(34-7-4-3-5-8-34)44(36-12-16-39(52)17-13-36)35-10-14-38(15-11-35)50-29-33(30-50)28-49-23-6-22-48(25-26-49)24-21-32-9-18-41-37(27-32)31-51(46(41)55)42-19-20-43(53)47-45(42)54/h3-5,7-18,27,33,42,52H,2,6,19-26,28-31H2,1H3,(H,47,53,54). The molecule has 0 aliphatic carbocycles. The number of hydrogen-bond acceptors (Lipinski definition) is 7. The Balaban J connectivity index is 0.823. The molecule has 3 saturated heterocycles. The number of benzene rings is 4. The van der Waals surface area contributed by atoms with E-state index in [1.807, 2.05) is 18.2 Å². The number of nitrogens with one attached hydrogen (secondary N) is 1. The van der Waals surface area contributed by atoms with Gasteiger partial charge in [0.25, 0.3) is 5.91 Å². The molecule has 4 aromatic carbocycles. The number of hydrogen-bond donors (Lipinski definition) is 2. The first-order valence-corrected chi connectivity index (χ1v) is 20.0. The van der Waals surface area contributed by atoms with Crippen LogP contribution in [0.5, 0.6) is 5.75 Å². The second-order valence-electron chi connectivity index (χ2n) is 15.6. The first kappa shape index (κ1) is 36.7. The summed E-state index contributed by atoms with van der Waals surface area (Å²) in [6.45, 7) is 11.3. The Bertz CT molecular complexity index is 2060. The largest absolute Gasteiger partial charge is 0.508 e. The van der Waals surface area contributed by atoms with E-state index in [1.165, 1.54) is 33.5 Å². The van der Waals surface area contributed by atoms with Crippen molar-refractivity contribution in [2.24, 2.45) is 5.92 Å². The third-order valence-corrected chi connectivity index (χ3v) is 11.9. The lowest BCUT2D eigenvalue weighted by atomic mass is 9.88. The molecule has 0 radical (unpaired) electrons. The summed E-state index contributed by atoms with van der Waals surface area (Å²) in [5, 5.41) is 12.4. The molecule has 55 heavy (non-hydrogen) atoms. The fraction of sp³-hybridized carbons (Fsp3) is 0.370. The molecule has 0 saturated carbocycles. The van der Waals surface area contributed by atoms with Gasteiger partial charge in [-0.2, -0.15) is 0 Å². The van der Waals surface area contributed by atoms with Gasteiger partial charge in [-0.05, 0) is 108 Å². The number of rotatable bonds is 11. The van der Waals surface area contributed by atoms with Crippen molar-refractivity contribution in [3.05, 3.63) is 130 Å². The first-order valence-electron chi connectivity index (χ1n) is 20.0. The van der Waals surface area contributed by atoms with Crippen molar-refractivity contribution in [2.45, 2.75) is 51.6 Å². The average Bonchev–Trinajstić information content (AvgIpc) is 3.34. The van der Waals surface area contributed by atoms with Gasteiger partial charge in [-0.3, -0.25) is 19.7 Å². The van der Waals surface area contributed by atoms with Gasteiger partial charge in [-0.1, -0.05) is 73.7 Å². The van der Waals surface area contributed by atoms with Gasteiger partial charge in [0.2, 0.25) is 11.8 Å². The van der Waals surface area contributed by atoms with Gasteiger partial charge < -0.3 is 24.7 Å². The van der Waals surface area contributed by atoms with Crippen molar-refractivity contribution in [1.82, 2.24) is 20.0 Å². The lowest BCUT2D eigenvalue weighted by Crippen LogP contribution is -2.52. The van der Waals surface area contributed by atoms with E-state index in [2.05, 4.69) is 93.7 Å². The number of amides is 3. The highest BCUT2D eigenvalue weighted by Gasteiger charge is 2.39. The molecular weight excluding hydrogens is 687 g/mol. The SMILES string of the molecule is CCC(=C(c1ccc(O)cc1)c1ccc(N2CC(CN3CCCN(CCc4ccc5c(c4)CN(C4CCC(=O)NC4=O)C5=O)CC3)C2)cc1)c1ccccc1. The number of fused-ring (bicyclic) bond motifs is 1. The Morgan fingerprint density at radius 3 is 2.24 bits per heavy atom. The van der Waals surface area contributed by atoms with Crippen LogP contribution in [0.1, 0.15) is 70.8 Å². The molecule has 1 atom stereocenters. The van der Waals surface area contributed by atoms with Crippen LogP contribution in [0, 0.1) is 5.92 Å². The number of carbonyl (C=O) groups is 3. The number of nitrogens with zero attached hydrogens (tertiary/aromatic N) is 4. The maximum atomic E-state index is 13.1.